The molecule has 1 aliphatic heterocycles. The van der Waals surface area contributed by atoms with E-state index >= 15 is 0 Å². The molecule has 156 valence electrons. The van der Waals surface area contributed by atoms with E-state index in [1.807, 2.05) is 12.1 Å². The third-order valence-corrected chi connectivity index (χ3v) is 6.00. The maximum Gasteiger partial charge on any atom is 0.137 e. The average molecular weight is 415 g/mol. The fraction of sp³-hybridized carbons (Fsp3) is 0.100. The summed E-state index contributed by atoms with van der Waals surface area (Å²) >= 11 is 0. The van der Waals surface area contributed by atoms with E-state index in [0.717, 1.165) is 22.7 Å². The molecule has 32 heavy (non-hydrogen) atoms. The second kappa shape index (κ2) is 8.68. The van der Waals surface area contributed by atoms with Crippen molar-refractivity contribution in [2.75, 3.05) is 7.05 Å². The van der Waals surface area contributed by atoms with Gasteiger partial charge in [0.25, 0.3) is 0 Å². The van der Waals surface area contributed by atoms with Gasteiger partial charge >= 0.3 is 0 Å². The Bertz CT molecular complexity index is 1270. The molecule has 4 aromatic carbocycles. The van der Waals surface area contributed by atoms with Crippen LogP contribution in [0.5, 0.6) is 0 Å². The fourth-order valence-electron chi connectivity index (χ4n) is 4.28. The van der Waals surface area contributed by atoms with Crippen LogP contribution in [0.2, 0.25) is 0 Å². The van der Waals surface area contributed by atoms with Gasteiger partial charge in [-0.25, -0.2) is 4.99 Å². The Hall–Kier alpha value is -3.91. The summed E-state index contributed by atoms with van der Waals surface area (Å²) in [4.78, 5) is 7.38. The third kappa shape index (κ3) is 4.00. The molecule has 0 spiro atoms. The minimum Gasteiger partial charge on any atom is -0.349 e. The highest BCUT2D eigenvalue weighted by atomic mass is 15.2. The molecule has 0 radical (unpaired) electrons. The molecule has 0 fully saturated rings. The van der Waals surface area contributed by atoms with Gasteiger partial charge in [-0.05, 0) is 35.3 Å². The predicted octanol–water partition coefficient (Wildman–Crippen LogP) is 7.14. The molecule has 1 aliphatic rings. The summed E-state index contributed by atoms with van der Waals surface area (Å²) < 4.78 is 0. The summed E-state index contributed by atoms with van der Waals surface area (Å²) in [6.45, 7) is 2.14. The Balaban J connectivity index is 1.57. The zero-order chi connectivity index (χ0) is 21.9. The van der Waals surface area contributed by atoms with E-state index in [0.29, 0.717) is 0 Å². The van der Waals surface area contributed by atoms with Gasteiger partial charge in [0.1, 0.15) is 5.84 Å². The molecule has 1 unspecified atom stereocenters. The number of aryl methyl sites for hydroxylation is 1. The smallest absolute Gasteiger partial charge is 0.137 e. The number of likely N-dealkylation sites (N-methyl/N-ethyl adjacent to an activating group) is 1. The van der Waals surface area contributed by atoms with Gasteiger partial charge in [0.2, 0.25) is 0 Å². The van der Waals surface area contributed by atoms with Crippen molar-refractivity contribution >= 4 is 11.5 Å². The van der Waals surface area contributed by atoms with Crippen molar-refractivity contribution in [2.24, 2.45) is 4.99 Å². The molecule has 0 aliphatic carbocycles. The van der Waals surface area contributed by atoms with E-state index in [9.17, 15) is 0 Å². The Morgan fingerprint density at radius 3 is 1.88 bits per heavy atom. The second-order valence-electron chi connectivity index (χ2n) is 8.27. The van der Waals surface area contributed by atoms with Gasteiger partial charge in [0.15, 0.2) is 0 Å². The molecule has 5 rings (SSSR count). The standard InChI is InChI=1S/C30H26N2/c1-22-10-9-15-27(20-22)29-21-28(25-13-7-4-8-14-25)31-30(32(29)2)26-18-16-24(17-19-26)23-11-5-3-6-12-23/h3-21,29H,1-2H3. The van der Waals surface area contributed by atoms with Crippen molar-refractivity contribution < 1.29 is 0 Å². The minimum absolute atomic E-state index is 0.117. The SMILES string of the molecule is Cc1cccc(C2C=C(c3ccccc3)N=C(c3ccc(-c4ccccc4)cc3)N2C)c1. The number of benzene rings is 4. The van der Waals surface area contributed by atoms with Gasteiger partial charge in [0, 0.05) is 12.6 Å². The number of rotatable bonds is 4. The molecular weight excluding hydrogens is 388 g/mol. The largest absolute Gasteiger partial charge is 0.349 e. The average Bonchev–Trinajstić information content (AvgIpc) is 2.85. The van der Waals surface area contributed by atoms with Crippen molar-refractivity contribution in [2.45, 2.75) is 13.0 Å². The number of aliphatic imine (C=N–C) groups is 1. The molecule has 0 amide bonds. The Kier molecular flexibility index (Phi) is 5.43. The zero-order valence-corrected chi connectivity index (χ0v) is 18.4. The molecule has 1 heterocycles. The first-order valence-corrected chi connectivity index (χ1v) is 11.0. The van der Waals surface area contributed by atoms with Crippen LogP contribution in [0, 0.1) is 6.92 Å². The van der Waals surface area contributed by atoms with Gasteiger partial charge < -0.3 is 4.90 Å². The lowest BCUT2D eigenvalue weighted by Crippen LogP contribution is -2.33. The second-order valence-corrected chi connectivity index (χ2v) is 8.27. The maximum atomic E-state index is 5.11. The van der Waals surface area contributed by atoms with Crippen LogP contribution in [0.15, 0.2) is 120 Å². The molecular formula is C30H26N2. The first-order valence-electron chi connectivity index (χ1n) is 11.0. The maximum absolute atomic E-state index is 5.11. The van der Waals surface area contributed by atoms with Crippen molar-refractivity contribution in [3.05, 3.63) is 138 Å². The normalized spacial score (nSPS) is 15.8. The lowest BCUT2D eigenvalue weighted by Gasteiger charge is -2.33. The van der Waals surface area contributed by atoms with Crippen LogP contribution in [0.1, 0.15) is 28.3 Å². The lowest BCUT2D eigenvalue weighted by atomic mass is 9.97. The Morgan fingerprint density at radius 1 is 0.625 bits per heavy atom. The molecule has 0 saturated carbocycles. The van der Waals surface area contributed by atoms with Crippen LogP contribution >= 0.6 is 0 Å². The predicted molar refractivity (Wildman–Crippen MR) is 135 cm³/mol. The lowest BCUT2D eigenvalue weighted by molar-refractivity contribution is 0.435. The van der Waals surface area contributed by atoms with Gasteiger partial charge in [-0.2, -0.15) is 0 Å². The van der Waals surface area contributed by atoms with E-state index in [-0.39, 0.29) is 6.04 Å². The number of nitrogens with zero attached hydrogens (tertiary/aromatic N) is 2. The molecule has 0 N–H and O–H groups in total. The fourth-order valence-corrected chi connectivity index (χ4v) is 4.28. The molecule has 0 saturated heterocycles. The topological polar surface area (TPSA) is 15.6 Å². The van der Waals surface area contributed by atoms with Crippen LogP contribution in [-0.2, 0) is 0 Å². The highest BCUT2D eigenvalue weighted by Crippen LogP contribution is 2.33. The van der Waals surface area contributed by atoms with Crippen molar-refractivity contribution in [3.63, 3.8) is 0 Å². The molecule has 4 aromatic rings. The Morgan fingerprint density at radius 2 is 1.22 bits per heavy atom. The highest BCUT2D eigenvalue weighted by Gasteiger charge is 2.25. The van der Waals surface area contributed by atoms with Crippen molar-refractivity contribution in [1.82, 2.24) is 4.90 Å². The summed E-state index contributed by atoms with van der Waals surface area (Å²) in [7, 11) is 2.13. The van der Waals surface area contributed by atoms with Crippen molar-refractivity contribution in [3.8, 4) is 11.1 Å². The minimum atomic E-state index is 0.117. The number of hydrogen-bond acceptors (Lipinski definition) is 2. The zero-order valence-electron chi connectivity index (χ0n) is 18.4. The Labute approximate surface area is 190 Å². The number of hydrogen-bond donors (Lipinski definition) is 0. The summed E-state index contributed by atoms with van der Waals surface area (Å²) in [5.74, 6) is 0.984. The van der Waals surface area contributed by atoms with Crippen LogP contribution in [0.4, 0.5) is 0 Å². The molecule has 2 nitrogen and oxygen atoms in total. The van der Waals surface area contributed by atoms with Gasteiger partial charge in [0.05, 0.1) is 11.7 Å². The molecule has 0 aromatic heterocycles. The first-order chi connectivity index (χ1) is 15.7. The first kappa shape index (κ1) is 20.0. The third-order valence-electron chi connectivity index (χ3n) is 6.00. The van der Waals surface area contributed by atoms with Crippen LogP contribution in [-0.4, -0.2) is 17.8 Å². The van der Waals surface area contributed by atoms with Crippen LogP contribution in [0.25, 0.3) is 16.8 Å². The van der Waals surface area contributed by atoms with E-state index in [4.69, 9.17) is 4.99 Å². The summed E-state index contributed by atoms with van der Waals surface area (Å²) in [6, 6.07) is 38.5. The molecule has 2 heteroatoms. The quantitative estimate of drug-likeness (QED) is 0.347. The van der Waals surface area contributed by atoms with Crippen LogP contribution in [0.3, 0.4) is 0 Å². The molecule has 1 atom stereocenters. The monoisotopic (exact) mass is 414 g/mol. The summed E-state index contributed by atoms with van der Waals surface area (Å²) in [5.41, 5.74) is 8.24. The van der Waals surface area contributed by atoms with Gasteiger partial charge in [-0.1, -0.05) is 115 Å². The highest BCUT2D eigenvalue weighted by molar-refractivity contribution is 6.03. The van der Waals surface area contributed by atoms with E-state index in [1.165, 1.54) is 22.3 Å². The summed E-state index contributed by atoms with van der Waals surface area (Å²) in [6.07, 6.45) is 2.27. The summed E-state index contributed by atoms with van der Waals surface area (Å²) in [5, 5.41) is 0. The van der Waals surface area contributed by atoms with Gasteiger partial charge in [-0.3, -0.25) is 0 Å². The van der Waals surface area contributed by atoms with E-state index < -0.39 is 0 Å². The number of amidine groups is 1. The van der Waals surface area contributed by atoms with E-state index in [2.05, 4.69) is 122 Å². The molecule has 0 bridgehead atoms. The van der Waals surface area contributed by atoms with E-state index in [1.54, 1.807) is 0 Å². The van der Waals surface area contributed by atoms with Crippen LogP contribution < -0.4 is 0 Å². The van der Waals surface area contributed by atoms with Crippen molar-refractivity contribution in [1.29, 1.82) is 0 Å². The van der Waals surface area contributed by atoms with Gasteiger partial charge in [-0.15, -0.1) is 0 Å².